The Kier molecular flexibility index (Phi) is 4.92. The Morgan fingerprint density at radius 3 is 2.56 bits per heavy atom. The highest BCUT2D eigenvalue weighted by Crippen LogP contribution is 2.13. The largest absolute Gasteiger partial charge is 0.478 e. The summed E-state index contributed by atoms with van der Waals surface area (Å²) in [6.07, 6.45) is 0.149. The van der Waals surface area contributed by atoms with E-state index in [9.17, 15) is 4.79 Å². The highest BCUT2D eigenvalue weighted by Gasteiger charge is 2.35. The number of benzene rings is 1. The first kappa shape index (κ1) is 13.2. The van der Waals surface area contributed by atoms with Gasteiger partial charge in [0.2, 0.25) is 5.72 Å². The van der Waals surface area contributed by atoms with Crippen LogP contribution in [0, 0.1) is 0 Å². The van der Waals surface area contributed by atoms with Gasteiger partial charge < -0.3 is 9.84 Å². The molecule has 1 atom stereocenters. The molecule has 3 N–H and O–H groups in total. The minimum Gasteiger partial charge on any atom is -0.478 e. The molecule has 0 radical (unpaired) electrons. The van der Waals surface area contributed by atoms with Crippen LogP contribution < -0.4 is 5.73 Å². The summed E-state index contributed by atoms with van der Waals surface area (Å²) >= 11 is 3.16. The minimum absolute atomic E-state index is 0.149. The third kappa shape index (κ3) is 3.59. The number of carboxylic acids is 1. The van der Waals surface area contributed by atoms with Crippen molar-refractivity contribution < 1.29 is 14.6 Å². The normalized spacial score (nSPS) is 14.4. The highest BCUT2D eigenvalue weighted by molar-refractivity contribution is 9.09. The SMILES string of the molecule is NC(Cc1ccccc1)(OCCBr)C(=O)O. The fraction of sp³-hybridized carbons (Fsp3) is 0.364. The molecule has 16 heavy (non-hydrogen) atoms. The van der Waals surface area contributed by atoms with Crippen LogP contribution in [0.25, 0.3) is 0 Å². The number of aliphatic carboxylic acids is 1. The topological polar surface area (TPSA) is 72.5 Å². The van der Waals surface area contributed by atoms with Crippen molar-refractivity contribution >= 4 is 21.9 Å². The Balaban J connectivity index is 2.75. The van der Waals surface area contributed by atoms with E-state index in [0.29, 0.717) is 5.33 Å². The molecule has 0 saturated carbocycles. The minimum atomic E-state index is -1.66. The Bertz CT molecular complexity index is 344. The molecule has 4 nitrogen and oxygen atoms in total. The molecular formula is C11H14BrNO3. The van der Waals surface area contributed by atoms with E-state index < -0.39 is 11.7 Å². The molecule has 1 unspecified atom stereocenters. The van der Waals surface area contributed by atoms with Crippen molar-refractivity contribution in [2.24, 2.45) is 5.73 Å². The first-order chi connectivity index (χ1) is 7.58. The number of hydrogen-bond acceptors (Lipinski definition) is 3. The number of hydrogen-bond donors (Lipinski definition) is 2. The quantitative estimate of drug-likeness (QED) is 0.612. The number of alkyl halides is 1. The van der Waals surface area contributed by atoms with E-state index in [0.717, 1.165) is 5.56 Å². The van der Waals surface area contributed by atoms with Crippen LogP contribution in [0.1, 0.15) is 5.56 Å². The lowest BCUT2D eigenvalue weighted by molar-refractivity contribution is -0.164. The molecule has 88 valence electrons. The van der Waals surface area contributed by atoms with Crippen LogP contribution in [0.3, 0.4) is 0 Å². The first-order valence-corrected chi connectivity index (χ1v) is 5.97. The van der Waals surface area contributed by atoms with Gasteiger partial charge >= 0.3 is 5.97 Å². The van der Waals surface area contributed by atoms with Gasteiger partial charge in [-0.1, -0.05) is 46.3 Å². The van der Waals surface area contributed by atoms with Crippen LogP contribution >= 0.6 is 15.9 Å². The van der Waals surface area contributed by atoms with Crippen LogP contribution in [0.15, 0.2) is 30.3 Å². The Morgan fingerprint density at radius 1 is 1.44 bits per heavy atom. The van der Waals surface area contributed by atoms with Gasteiger partial charge in [-0.2, -0.15) is 0 Å². The number of carboxylic acid groups (broad SMARTS) is 1. The van der Waals surface area contributed by atoms with E-state index in [-0.39, 0.29) is 13.0 Å². The van der Waals surface area contributed by atoms with Crippen molar-refractivity contribution in [3.05, 3.63) is 35.9 Å². The summed E-state index contributed by atoms with van der Waals surface area (Å²) in [6.45, 7) is 0.260. The summed E-state index contributed by atoms with van der Waals surface area (Å²) in [5.41, 5.74) is 4.89. The van der Waals surface area contributed by atoms with Crippen molar-refractivity contribution in [3.8, 4) is 0 Å². The van der Waals surface area contributed by atoms with Crippen LogP contribution in [0.2, 0.25) is 0 Å². The summed E-state index contributed by atoms with van der Waals surface area (Å²) in [7, 11) is 0. The number of rotatable bonds is 6. The van der Waals surface area contributed by atoms with E-state index in [2.05, 4.69) is 15.9 Å². The van der Waals surface area contributed by atoms with Gasteiger partial charge in [0.05, 0.1) is 6.61 Å². The summed E-state index contributed by atoms with van der Waals surface area (Å²) < 4.78 is 5.18. The van der Waals surface area contributed by atoms with Gasteiger partial charge in [0.15, 0.2) is 0 Å². The van der Waals surface area contributed by atoms with Crippen molar-refractivity contribution in [1.82, 2.24) is 0 Å². The van der Waals surface area contributed by atoms with Crippen LogP contribution in [0.5, 0.6) is 0 Å². The van der Waals surface area contributed by atoms with E-state index in [1.165, 1.54) is 0 Å². The summed E-state index contributed by atoms with van der Waals surface area (Å²) in [5.74, 6) is -1.16. The summed E-state index contributed by atoms with van der Waals surface area (Å²) in [6, 6.07) is 9.18. The van der Waals surface area contributed by atoms with Crippen LogP contribution in [-0.2, 0) is 16.0 Å². The molecule has 0 aliphatic heterocycles. The van der Waals surface area contributed by atoms with Crippen LogP contribution in [0.4, 0.5) is 0 Å². The van der Waals surface area contributed by atoms with E-state index in [1.807, 2.05) is 30.3 Å². The maximum atomic E-state index is 11.1. The lowest BCUT2D eigenvalue weighted by atomic mass is 10.0. The van der Waals surface area contributed by atoms with Gasteiger partial charge in [-0.15, -0.1) is 0 Å². The van der Waals surface area contributed by atoms with Crippen molar-refractivity contribution in [3.63, 3.8) is 0 Å². The molecule has 0 spiro atoms. The van der Waals surface area contributed by atoms with E-state index >= 15 is 0 Å². The third-order valence-corrected chi connectivity index (χ3v) is 2.43. The Labute approximate surface area is 103 Å². The Hall–Kier alpha value is -0.910. The van der Waals surface area contributed by atoms with Gasteiger partial charge in [0.1, 0.15) is 0 Å². The predicted octanol–water partition coefficient (Wildman–Crippen LogP) is 1.38. The molecule has 0 aliphatic carbocycles. The fourth-order valence-corrected chi connectivity index (χ4v) is 1.47. The maximum absolute atomic E-state index is 11.1. The average Bonchev–Trinajstić information content (AvgIpc) is 2.27. The standard InChI is InChI=1S/C11H14BrNO3/c12-6-7-16-11(13,10(14)15)8-9-4-2-1-3-5-9/h1-5H,6-8,13H2,(H,14,15). The second kappa shape index (κ2) is 5.98. The zero-order valence-corrected chi connectivity index (χ0v) is 10.3. The lowest BCUT2D eigenvalue weighted by Crippen LogP contribution is -2.52. The molecule has 1 aromatic carbocycles. The predicted molar refractivity (Wildman–Crippen MR) is 64.4 cm³/mol. The van der Waals surface area contributed by atoms with E-state index in [1.54, 1.807) is 0 Å². The number of ether oxygens (including phenoxy) is 1. The summed E-state index contributed by atoms with van der Waals surface area (Å²) in [4.78, 5) is 11.1. The second-order valence-corrected chi connectivity index (χ2v) is 4.19. The zero-order chi connectivity index (χ0) is 12.0. The van der Waals surface area contributed by atoms with E-state index in [4.69, 9.17) is 15.6 Å². The van der Waals surface area contributed by atoms with Crippen molar-refractivity contribution in [2.75, 3.05) is 11.9 Å². The van der Waals surface area contributed by atoms with Crippen molar-refractivity contribution in [2.45, 2.75) is 12.1 Å². The Morgan fingerprint density at radius 2 is 2.06 bits per heavy atom. The molecule has 1 rings (SSSR count). The first-order valence-electron chi connectivity index (χ1n) is 4.84. The molecule has 0 fully saturated rings. The van der Waals surface area contributed by atoms with Crippen molar-refractivity contribution in [1.29, 1.82) is 0 Å². The molecule has 0 bridgehead atoms. The monoisotopic (exact) mass is 287 g/mol. The molecule has 0 aliphatic rings. The van der Waals surface area contributed by atoms with Gasteiger partial charge in [0, 0.05) is 11.8 Å². The number of halogens is 1. The smallest absolute Gasteiger partial charge is 0.351 e. The van der Waals surface area contributed by atoms with Crippen LogP contribution in [-0.4, -0.2) is 28.7 Å². The zero-order valence-electron chi connectivity index (χ0n) is 8.73. The van der Waals surface area contributed by atoms with Gasteiger partial charge in [-0.25, -0.2) is 4.79 Å². The summed E-state index contributed by atoms with van der Waals surface area (Å²) in [5, 5.41) is 9.60. The number of carbonyl (C=O) groups is 1. The molecule has 0 aromatic heterocycles. The molecule has 0 amide bonds. The lowest BCUT2D eigenvalue weighted by Gasteiger charge is -2.24. The molecular weight excluding hydrogens is 274 g/mol. The fourth-order valence-electron chi connectivity index (χ4n) is 1.31. The van der Waals surface area contributed by atoms with Gasteiger partial charge in [0.25, 0.3) is 0 Å². The van der Waals surface area contributed by atoms with Gasteiger partial charge in [-0.3, -0.25) is 5.73 Å². The molecule has 5 heteroatoms. The third-order valence-electron chi connectivity index (χ3n) is 2.11. The second-order valence-electron chi connectivity index (χ2n) is 3.39. The number of nitrogens with two attached hydrogens (primary N) is 1. The molecule has 1 aromatic rings. The molecule has 0 heterocycles. The maximum Gasteiger partial charge on any atom is 0.351 e. The van der Waals surface area contributed by atoms with Gasteiger partial charge in [-0.05, 0) is 5.56 Å². The average molecular weight is 288 g/mol. The highest BCUT2D eigenvalue weighted by atomic mass is 79.9. The molecule has 0 saturated heterocycles.